The van der Waals surface area contributed by atoms with E-state index in [1.165, 1.54) is 6.07 Å². The predicted molar refractivity (Wildman–Crippen MR) is 103 cm³/mol. The minimum atomic E-state index is -0.718. The Kier molecular flexibility index (Phi) is 5.54. The molecule has 3 aromatic rings. The first-order valence-corrected chi connectivity index (χ1v) is 8.49. The number of aromatic amines is 1. The van der Waals surface area contributed by atoms with Crippen molar-refractivity contribution in [2.24, 2.45) is 10.2 Å². The molecule has 10 nitrogen and oxygen atoms in total. The van der Waals surface area contributed by atoms with Crippen molar-refractivity contribution >= 4 is 23.0 Å². The lowest BCUT2D eigenvalue weighted by Crippen LogP contribution is -2.05. The van der Waals surface area contributed by atoms with Crippen molar-refractivity contribution in [3.8, 4) is 22.9 Å². The number of nitro benzene ring substituents is 1. The van der Waals surface area contributed by atoms with Gasteiger partial charge in [0.15, 0.2) is 5.69 Å². The quantitative estimate of drug-likeness (QED) is 0.240. The number of aromatic nitrogens is 1. The number of nitrogens with zero attached hydrogens (tertiary/aromatic N) is 3. The van der Waals surface area contributed by atoms with Crippen molar-refractivity contribution < 1.29 is 24.7 Å². The van der Waals surface area contributed by atoms with Gasteiger partial charge >= 0.3 is 5.97 Å². The third-order valence-corrected chi connectivity index (χ3v) is 3.92. The number of nitro groups is 1. The predicted octanol–water partition coefficient (Wildman–Crippen LogP) is 4.59. The van der Waals surface area contributed by atoms with Crippen LogP contribution in [0.2, 0.25) is 0 Å². The summed E-state index contributed by atoms with van der Waals surface area (Å²) < 4.78 is 5.07. The minimum absolute atomic E-state index is 0.0271. The van der Waals surface area contributed by atoms with Crippen LogP contribution < -0.4 is 0 Å². The van der Waals surface area contributed by atoms with Gasteiger partial charge < -0.3 is 19.9 Å². The van der Waals surface area contributed by atoms with Crippen molar-refractivity contribution in [2.75, 3.05) is 6.61 Å². The first kappa shape index (κ1) is 19.5. The fourth-order valence-corrected chi connectivity index (χ4v) is 2.61. The van der Waals surface area contributed by atoms with Crippen molar-refractivity contribution in [1.29, 1.82) is 0 Å². The fraction of sp³-hybridized carbons (Fsp3) is 0.105. The number of ether oxygens (including phenoxy) is 1. The summed E-state index contributed by atoms with van der Waals surface area (Å²) in [5.74, 6) is -1.61. The molecule has 1 heterocycles. The molecule has 0 aliphatic carbocycles. The Morgan fingerprint density at radius 3 is 2.52 bits per heavy atom. The van der Waals surface area contributed by atoms with Gasteiger partial charge in [-0.25, -0.2) is 4.79 Å². The second-order valence-electron chi connectivity index (χ2n) is 5.79. The first-order valence-electron chi connectivity index (χ1n) is 8.49. The molecule has 3 rings (SSSR count). The summed E-state index contributed by atoms with van der Waals surface area (Å²) >= 11 is 0. The molecular formula is C19H16N4O6. The van der Waals surface area contributed by atoms with E-state index in [9.17, 15) is 25.1 Å². The summed E-state index contributed by atoms with van der Waals surface area (Å²) in [6.45, 7) is 1.75. The molecule has 0 unspecified atom stereocenters. The normalized spacial score (nSPS) is 10.9. The maximum absolute atomic E-state index is 12.5. The average Bonchev–Trinajstić information content (AvgIpc) is 3.04. The van der Waals surface area contributed by atoms with Gasteiger partial charge in [-0.15, -0.1) is 10.2 Å². The number of carbonyl (C=O) groups is 1. The van der Waals surface area contributed by atoms with Gasteiger partial charge in [0.2, 0.25) is 5.88 Å². The Balaban J connectivity index is 2.07. The summed E-state index contributed by atoms with van der Waals surface area (Å²) in [7, 11) is 0. The molecule has 0 atom stereocenters. The van der Waals surface area contributed by atoms with E-state index in [2.05, 4.69) is 15.2 Å². The van der Waals surface area contributed by atoms with Gasteiger partial charge in [0.1, 0.15) is 17.0 Å². The molecule has 3 N–H and O–H groups in total. The van der Waals surface area contributed by atoms with E-state index >= 15 is 0 Å². The van der Waals surface area contributed by atoms with Crippen LogP contribution in [0.15, 0.2) is 58.8 Å². The number of nitrogens with one attached hydrogen (secondary N) is 1. The molecule has 0 amide bonds. The third kappa shape index (κ3) is 4.05. The number of carbonyl (C=O) groups excluding carboxylic acids is 1. The van der Waals surface area contributed by atoms with E-state index in [1.807, 2.05) is 0 Å². The summed E-state index contributed by atoms with van der Waals surface area (Å²) in [4.78, 5) is 25.3. The molecule has 148 valence electrons. The maximum Gasteiger partial charge on any atom is 0.342 e. The molecule has 0 aliphatic rings. The van der Waals surface area contributed by atoms with Gasteiger partial charge in [0, 0.05) is 6.07 Å². The monoisotopic (exact) mass is 396 g/mol. The second-order valence-corrected chi connectivity index (χ2v) is 5.79. The van der Waals surface area contributed by atoms with E-state index in [-0.39, 0.29) is 29.2 Å². The molecule has 1 aromatic heterocycles. The highest BCUT2D eigenvalue weighted by atomic mass is 16.6. The number of azo groups is 1. The van der Waals surface area contributed by atoms with Gasteiger partial charge in [-0.05, 0) is 18.6 Å². The van der Waals surface area contributed by atoms with Crippen molar-refractivity contribution in [3.63, 3.8) is 0 Å². The number of benzene rings is 2. The molecule has 10 heteroatoms. The lowest BCUT2D eigenvalue weighted by molar-refractivity contribution is -0.384. The molecule has 2 aromatic carbocycles. The molecule has 0 saturated heterocycles. The molecule has 0 saturated carbocycles. The molecule has 0 aliphatic heterocycles. The van der Waals surface area contributed by atoms with Crippen molar-refractivity contribution in [1.82, 2.24) is 4.98 Å². The lowest BCUT2D eigenvalue weighted by Gasteiger charge is -2.04. The molecule has 0 spiro atoms. The van der Waals surface area contributed by atoms with Crippen LogP contribution in [0, 0.1) is 10.1 Å². The Morgan fingerprint density at radius 1 is 1.17 bits per heavy atom. The fourth-order valence-electron chi connectivity index (χ4n) is 2.61. The number of phenols is 1. The van der Waals surface area contributed by atoms with Crippen LogP contribution in [0.4, 0.5) is 17.1 Å². The summed E-state index contributed by atoms with van der Waals surface area (Å²) in [5.41, 5.74) is 0.312. The molecule has 0 bridgehead atoms. The number of hydrogen-bond donors (Lipinski definition) is 3. The number of H-pyrrole nitrogens is 1. The summed E-state index contributed by atoms with van der Waals surface area (Å²) in [6, 6.07) is 12.1. The number of aromatic hydroxyl groups is 2. The van der Waals surface area contributed by atoms with Gasteiger partial charge in [-0.1, -0.05) is 30.3 Å². The highest BCUT2D eigenvalue weighted by Crippen LogP contribution is 2.40. The van der Waals surface area contributed by atoms with Crippen LogP contribution in [0.5, 0.6) is 11.6 Å². The average molecular weight is 396 g/mol. The largest absolute Gasteiger partial charge is 0.505 e. The van der Waals surface area contributed by atoms with Crippen LogP contribution in [0.3, 0.4) is 0 Å². The number of rotatable bonds is 6. The molecule has 0 radical (unpaired) electrons. The zero-order valence-electron chi connectivity index (χ0n) is 15.2. The van der Waals surface area contributed by atoms with E-state index in [4.69, 9.17) is 4.74 Å². The van der Waals surface area contributed by atoms with Crippen LogP contribution in [-0.4, -0.2) is 32.7 Å². The first-order chi connectivity index (χ1) is 13.9. The van der Waals surface area contributed by atoms with Crippen LogP contribution in [0.1, 0.15) is 17.3 Å². The van der Waals surface area contributed by atoms with Gasteiger partial charge in [-0.3, -0.25) is 10.1 Å². The highest BCUT2D eigenvalue weighted by Gasteiger charge is 2.25. The Morgan fingerprint density at radius 2 is 1.90 bits per heavy atom. The van der Waals surface area contributed by atoms with Gasteiger partial charge in [0.05, 0.1) is 23.3 Å². The SMILES string of the molecule is CCOC(=O)c1c(-c2ccccc2)[nH]c(O)c1N=Nc1ccc([N+](=O)[O-])cc1O. The zero-order valence-corrected chi connectivity index (χ0v) is 15.2. The van der Waals surface area contributed by atoms with Gasteiger partial charge in [0.25, 0.3) is 5.69 Å². The molecular weight excluding hydrogens is 380 g/mol. The highest BCUT2D eigenvalue weighted by molar-refractivity contribution is 6.03. The van der Waals surface area contributed by atoms with E-state index in [0.717, 1.165) is 12.1 Å². The summed E-state index contributed by atoms with van der Waals surface area (Å²) in [5, 5.41) is 38.6. The number of phenolic OH excluding ortho intramolecular Hbond substituents is 1. The third-order valence-electron chi connectivity index (χ3n) is 3.92. The summed E-state index contributed by atoms with van der Waals surface area (Å²) in [6.07, 6.45) is 0. The lowest BCUT2D eigenvalue weighted by atomic mass is 10.1. The van der Waals surface area contributed by atoms with Crippen LogP contribution in [0.25, 0.3) is 11.3 Å². The Bertz CT molecular complexity index is 1090. The van der Waals surface area contributed by atoms with Crippen LogP contribution in [-0.2, 0) is 4.74 Å². The topological polar surface area (TPSA) is 150 Å². The second kappa shape index (κ2) is 8.21. The number of esters is 1. The van der Waals surface area contributed by atoms with Gasteiger partial charge in [-0.2, -0.15) is 0 Å². The number of non-ortho nitro benzene ring substituents is 1. The Labute approximate surface area is 164 Å². The Hall–Kier alpha value is -4.21. The van der Waals surface area contributed by atoms with E-state index in [0.29, 0.717) is 11.3 Å². The van der Waals surface area contributed by atoms with Crippen molar-refractivity contribution in [3.05, 3.63) is 64.2 Å². The standard InChI is InChI=1S/C19H16N4O6/c1-2-29-19(26)15-16(11-6-4-3-5-7-11)20-18(25)17(15)22-21-13-9-8-12(23(27)28)10-14(13)24/h3-10,20,24-25H,2H2,1H3. The number of hydrogen-bond acceptors (Lipinski definition) is 8. The minimum Gasteiger partial charge on any atom is -0.505 e. The molecule has 29 heavy (non-hydrogen) atoms. The van der Waals surface area contributed by atoms with Crippen molar-refractivity contribution in [2.45, 2.75) is 6.92 Å². The maximum atomic E-state index is 12.5. The molecule has 0 fully saturated rings. The smallest absolute Gasteiger partial charge is 0.342 e. The van der Waals surface area contributed by atoms with E-state index < -0.39 is 22.5 Å². The van der Waals surface area contributed by atoms with E-state index in [1.54, 1.807) is 37.3 Å². The zero-order chi connectivity index (χ0) is 21.0. The van der Waals surface area contributed by atoms with Crippen LogP contribution >= 0.6 is 0 Å².